The van der Waals surface area contributed by atoms with Crippen molar-refractivity contribution in [1.82, 2.24) is 15.5 Å². The summed E-state index contributed by atoms with van der Waals surface area (Å²) in [6, 6.07) is 11.8. The van der Waals surface area contributed by atoms with Gasteiger partial charge in [0, 0.05) is 26.2 Å². The highest BCUT2D eigenvalue weighted by Gasteiger charge is 2.10. The van der Waals surface area contributed by atoms with Gasteiger partial charge in [0.05, 0.1) is 0 Å². The Morgan fingerprint density at radius 2 is 1.96 bits per heavy atom. The number of hydrogen-bond donors (Lipinski definition) is 2. The number of rotatable bonds is 10. The lowest BCUT2D eigenvalue weighted by molar-refractivity contribution is 0.104. The van der Waals surface area contributed by atoms with E-state index in [4.69, 9.17) is 16.3 Å². The van der Waals surface area contributed by atoms with Crippen LogP contribution in [0.2, 0.25) is 5.15 Å². The lowest BCUT2D eigenvalue weighted by Gasteiger charge is -2.19. The van der Waals surface area contributed by atoms with Gasteiger partial charge in [-0.25, -0.2) is 0 Å². The van der Waals surface area contributed by atoms with Gasteiger partial charge >= 0.3 is 0 Å². The second-order valence-electron chi connectivity index (χ2n) is 6.52. The second-order valence-corrected chi connectivity index (χ2v) is 6.91. The van der Waals surface area contributed by atoms with Crippen molar-refractivity contribution in [3.63, 3.8) is 0 Å². The molecule has 2 rings (SSSR count). The summed E-state index contributed by atoms with van der Waals surface area (Å²) in [6.07, 6.45) is 0.245. The first-order valence-corrected chi connectivity index (χ1v) is 9.16. The number of aliphatic hydroxyl groups is 1. The molecule has 26 heavy (non-hydrogen) atoms. The third-order valence-electron chi connectivity index (χ3n) is 3.89. The highest BCUT2D eigenvalue weighted by Crippen LogP contribution is 2.20. The molecule has 1 heterocycles. The van der Waals surface area contributed by atoms with E-state index in [-0.39, 0.29) is 6.61 Å². The summed E-state index contributed by atoms with van der Waals surface area (Å²) >= 11 is 5.78. The first-order valence-electron chi connectivity index (χ1n) is 8.78. The number of benzene rings is 1. The lowest BCUT2D eigenvalue weighted by Crippen LogP contribution is -2.35. The molecule has 0 saturated heterocycles. The smallest absolute Gasteiger partial charge is 0.151 e. The number of aromatic nitrogens is 2. The molecule has 0 saturated carbocycles. The molecular weight excluding hydrogens is 352 g/mol. The number of aliphatic hydroxyl groups excluding tert-OH is 1. The largest absolute Gasteiger partial charge is 0.491 e. The van der Waals surface area contributed by atoms with Crippen LogP contribution in [0.1, 0.15) is 19.4 Å². The van der Waals surface area contributed by atoms with Crippen molar-refractivity contribution in [3.05, 3.63) is 47.1 Å². The fourth-order valence-corrected chi connectivity index (χ4v) is 2.48. The van der Waals surface area contributed by atoms with Crippen molar-refractivity contribution < 1.29 is 9.84 Å². The van der Waals surface area contributed by atoms with E-state index in [9.17, 15) is 5.11 Å². The quantitative estimate of drug-likeness (QED) is 0.662. The van der Waals surface area contributed by atoms with Gasteiger partial charge in [0.1, 0.15) is 18.5 Å². The van der Waals surface area contributed by atoms with Crippen LogP contribution in [0, 0.1) is 0 Å². The predicted molar refractivity (Wildman–Crippen MR) is 105 cm³/mol. The molecule has 1 atom stereocenters. The van der Waals surface area contributed by atoms with Crippen LogP contribution in [0.3, 0.4) is 0 Å². The zero-order chi connectivity index (χ0) is 18.9. The van der Waals surface area contributed by atoms with E-state index in [0.29, 0.717) is 17.7 Å². The van der Waals surface area contributed by atoms with Gasteiger partial charge in [0.2, 0.25) is 0 Å². The third-order valence-corrected chi connectivity index (χ3v) is 4.09. The zero-order valence-electron chi connectivity index (χ0n) is 15.5. The van der Waals surface area contributed by atoms with Gasteiger partial charge in [-0.1, -0.05) is 43.6 Å². The van der Waals surface area contributed by atoms with E-state index in [1.165, 1.54) is 0 Å². The first kappa shape index (κ1) is 20.4. The Morgan fingerprint density at radius 1 is 1.19 bits per heavy atom. The van der Waals surface area contributed by atoms with Gasteiger partial charge < -0.3 is 20.1 Å². The average Bonchev–Trinajstić information content (AvgIpc) is 2.64. The molecule has 0 fully saturated rings. The SMILES string of the molecule is CC(C)NCC(O)COc1ccccc1CCN(C)c1ccc(Cl)nn1. The maximum absolute atomic E-state index is 10.0. The van der Waals surface area contributed by atoms with Crippen molar-refractivity contribution in [2.24, 2.45) is 0 Å². The van der Waals surface area contributed by atoms with Crippen molar-refractivity contribution in [1.29, 1.82) is 0 Å². The van der Waals surface area contributed by atoms with Crippen LogP contribution < -0.4 is 15.0 Å². The number of likely N-dealkylation sites (N-methyl/N-ethyl adjacent to an activating group) is 1. The Bertz CT molecular complexity index is 667. The molecule has 0 amide bonds. The van der Waals surface area contributed by atoms with E-state index < -0.39 is 6.10 Å². The molecule has 0 spiro atoms. The van der Waals surface area contributed by atoms with Crippen LogP contribution in [-0.2, 0) is 6.42 Å². The van der Waals surface area contributed by atoms with E-state index in [2.05, 4.69) is 15.5 Å². The van der Waals surface area contributed by atoms with Crippen LogP contribution >= 0.6 is 11.6 Å². The molecule has 2 aromatic rings. The highest BCUT2D eigenvalue weighted by molar-refractivity contribution is 6.29. The molecule has 7 heteroatoms. The first-order chi connectivity index (χ1) is 12.5. The summed E-state index contributed by atoms with van der Waals surface area (Å²) in [5.41, 5.74) is 1.09. The van der Waals surface area contributed by atoms with Gasteiger partial charge in [-0.05, 0) is 30.2 Å². The summed E-state index contributed by atoms with van der Waals surface area (Å²) in [4.78, 5) is 2.02. The minimum Gasteiger partial charge on any atom is -0.491 e. The van der Waals surface area contributed by atoms with Crippen LogP contribution in [-0.4, -0.2) is 54.2 Å². The Hall–Kier alpha value is -1.89. The summed E-state index contributed by atoms with van der Waals surface area (Å²) in [6.45, 7) is 5.62. The average molecular weight is 379 g/mol. The Morgan fingerprint density at radius 3 is 2.65 bits per heavy atom. The van der Waals surface area contributed by atoms with E-state index >= 15 is 0 Å². The topological polar surface area (TPSA) is 70.5 Å². The fourth-order valence-electron chi connectivity index (χ4n) is 2.38. The predicted octanol–water partition coefficient (Wildman–Crippen LogP) is 2.55. The van der Waals surface area contributed by atoms with Crippen LogP contribution in [0.4, 0.5) is 5.82 Å². The van der Waals surface area contributed by atoms with Gasteiger partial charge in [0.25, 0.3) is 0 Å². The number of hydrogen-bond acceptors (Lipinski definition) is 6. The van der Waals surface area contributed by atoms with Gasteiger partial charge in [0.15, 0.2) is 11.0 Å². The summed E-state index contributed by atoms with van der Waals surface area (Å²) < 4.78 is 5.83. The normalized spacial score (nSPS) is 12.2. The monoisotopic (exact) mass is 378 g/mol. The number of anilines is 1. The molecule has 0 aliphatic heterocycles. The molecule has 1 unspecified atom stereocenters. The third kappa shape index (κ3) is 6.78. The van der Waals surface area contributed by atoms with Crippen molar-refractivity contribution in [3.8, 4) is 5.75 Å². The van der Waals surface area contributed by atoms with Crippen molar-refractivity contribution >= 4 is 17.4 Å². The number of para-hydroxylation sites is 1. The van der Waals surface area contributed by atoms with E-state index in [1.54, 1.807) is 6.07 Å². The van der Waals surface area contributed by atoms with Crippen molar-refractivity contribution in [2.45, 2.75) is 32.4 Å². The Balaban J connectivity index is 1.88. The molecule has 0 aliphatic carbocycles. The lowest BCUT2D eigenvalue weighted by atomic mass is 10.1. The minimum absolute atomic E-state index is 0.259. The number of halogens is 1. The zero-order valence-corrected chi connectivity index (χ0v) is 16.3. The number of ether oxygens (including phenoxy) is 1. The molecule has 1 aromatic carbocycles. The molecule has 142 valence electrons. The maximum atomic E-state index is 10.0. The maximum Gasteiger partial charge on any atom is 0.151 e. The highest BCUT2D eigenvalue weighted by atomic mass is 35.5. The van der Waals surface area contributed by atoms with Gasteiger partial charge in [-0.15, -0.1) is 10.2 Å². The van der Waals surface area contributed by atoms with Gasteiger partial charge in [-0.3, -0.25) is 0 Å². The Labute approximate surface area is 160 Å². The van der Waals surface area contributed by atoms with E-state index in [0.717, 1.165) is 30.1 Å². The standard InChI is InChI=1S/C19H27ClN4O2/c1-14(2)21-12-16(25)13-26-17-7-5-4-6-15(17)10-11-24(3)19-9-8-18(20)22-23-19/h4-9,14,16,21,25H,10-13H2,1-3H3. The molecule has 2 N–H and O–H groups in total. The number of nitrogens with zero attached hydrogens (tertiary/aromatic N) is 3. The Kier molecular flexibility index (Phi) is 8.09. The van der Waals surface area contributed by atoms with Gasteiger partial charge in [-0.2, -0.15) is 0 Å². The van der Waals surface area contributed by atoms with E-state index in [1.807, 2.05) is 56.1 Å². The molecular formula is C19H27ClN4O2. The van der Waals surface area contributed by atoms with Crippen LogP contribution in [0.25, 0.3) is 0 Å². The molecule has 1 aromatic heterocycles. The molecule has 6 nitrogen and oxygen atoms in total. The van der Waals surface area contributed by atoms with Crippen LogP contribution in [0.15, 0.2) is 36.4 Å². The second kappa shape index (κ2) is 10.3. The molecule has 0 radical (unpaired) electrons. The molecule has 0 aliphatic rings. The minimum atomic E-state index is -0.544. The summed E-state index contributed by atoms with van der Waals surface area (Å²) in [5, 5.41) is 21.5. The number of nitrogens with one attached hydrogen (secondary N) is 1. The molecule has 0 bridgehead atoms. The fraction of sp³-hybridized carbons (Fsp3) is 0.474. The summed E-state index contributed by atoms with van der Waals surface area (Å²) in [7, 11) is 1.96. The summed E-state index contributed by atoms with van der Waals surface area (Å²) in [5.74, 6) is 1.56. The van der Waals surface area contributed by atoms with Crippen LogP contribution in [0.5, 0.6) is 5.75 Å². The van der Waals surface area contributed by atoms with Crippen molar-refractivity contribution in [2.75, 3.05) is 31.6 Å².